The number of aliphatic hydroxyl groups is 1. The van der Waals surface area contributed by atoms with Gasteiger partial charge in [-0.05, 0) is 37.3 Å². The van der Waals surface area contributed by atoms with Crippen molar-refractivity contribution in [2.24, 2.45) is 5.92 Å². The smallest absolute Gasteiger partial charge is 0.224 e. The van der Waals surface area contributed by atoms with Crippen molar-refractivity contribution in [2.75, 3.05) is 18.5 Å². The van der Waals surface area contributed by atoms with Gasteiger partial charge in [-0.1, -0.05) is 6.92 Å². The molecular formula is C11H18ClN3O. The van der Waals surface area contributed by atoms with Crippen LogP contribution >= 0.6 is 11.6 Å². The second kappa shape index (κ2) is 6.66. The molecule has 1 aromatic heterocycles. The number of nitrogens with zero attached hydrogens (tertiary/aromatic N) is 2. The molecular weight excluding hydrogens is 226 g/mol. The number of hydrogen-bond donors (Lipinski definition) is 2. The van der Waals surface area contributed by atoms with Gasteiger partial charge in [0.25, 0.3) is 0 Å². The van der Waals surface area contributed by atoms with Crippen molar-refractivity contribution in [1.29, 1.82) is 0 Å². The normalized spacial score (nSPS) is 12.5. The average molecular weight is 244 g/mol. The van der Waals surface area contributed by atoms with E-state index in [0.717, 1.165) is 30.8 Å². The van der Waals surface area contributed by atoms with Crippen LogP contribution in [0.25, 0.3) is 0 Å². The fourth-order valence-corrected chi connectivity index (χ4v) is 1.48. The molecule has 0 radical (unpaired) electrons. The second-order valence-corrected chi connectivity index (χ2v) is 4.37. The third-order valence-electron chi connectivity index (χ3n) is 2.42. The highest BCUT2D eigenvalue weighted by atomic mass is 35.5. The third kappa shape index (κ3) is 4.33. The van der Waals surface area contributed by atoms with Gasteiger partial charge in [0.15, 0.2) is 0 Å². The Morgan fingerprint density at radius 1 is 1.56 bits per heavy atom. The number of aliphatic hydroxyl groups excluding tert-OH is 1. The summed E-state index contributed by atoms with van der Waals surface area (Å²) in [5, 5.41) is 12.4. The summed E-state index contributed by atoms with van der Waals surface area (Å²) in [4.78, 5) is 7.99. The molecule has 0 aliphatic heterocycles. The summed E-state index contributed by atoms with van der Waals surface area (Å²) in [7, 11) is 0. The number of anilines is 1. The number of aryl methyl sites for hydroxylation is 1. The van der Waals surface area contributed by atoms with Gasteiger partial charge in [0.05, 0.1) is 0 Å². The first-order valence-corrected chi connectivity index (χ1v) is 5.85. The van der Waals surface area contributed by atoms with Gasteiger partial charge in [0, 0.05) is 24.9 Å². The summed E-state index contributed by atoms with van der Waals surface area (Å²) in [6.45, 7) is 5.05. The van der Waals surface area contributed by atoms with Crippen LogP contribution in [0.3, 0.4) is 0 Å². The van der Waals surface area contributed by atoms with E-state index in [1.54, 1.807) is 6.20 Å². The maximum absolute atomic E-state index is 8.87. The molecule has 0 spiro atoms. The largest absolute Gasteiger partial charge is 0.396 e. The van der Waals surface area contributed by atoms with Crippen LogP contribution in [-0.4, -0.2) is 28.2 Å². The van der Waals surface area contributed by atoms with Gasteiger partial charge in [-0.25, -0.2) is 9.97 Å². The highest BCUT2D eigenvalue weighted by molar-refractivity contribution is 6.28. The zero-order chi connectivity index (χ0) is 12.0. The Kier molecular flexibility index (Phi) is 5.49. The molecule has 0 amide bonds. The van der Waals surface area contributed by atoms with Gasteiger partial charge in [0.2, 0.25) is 5.28 Å². The quantitative estimate of drug-likeness (QED) is 0.594. The van der Waals surface area contributed by atoms with Crippen molar-refractivity contribution in [3.05, 3.63) is 17.0 Å². The Hall–Kier alpha value is -0.870. The molecule has 1 unspecified atom stereocenters. The van der Waals surface area contributed by atoms with Crippen LogP contribution in [-0.2, 0) is 0 Å². The molecule has 0 saturated heterocycles. The first-order valence-electron chi connectivity index (χ1n) is 5.47. The van der Waals surface area contributed by atoms with Gasteiger partial charge in [-0.3, -0.25) is 0 Å². The summed E-state index contributed by atoms with van der Waals surface area (Å²) < 4.78 is 0. The zero-order valence-corrected chi connectivity index (χ0v) is 10.5. The number of hydrogen-bond acceptors (Lipinski definition) is 4. The molecule has 1 heterocycles. The number of halogens is 1. The average Bonchev–Trinajstić information content (AvgIpc) is 2.28. The predicted molar refractivity (Wildman–Crippen MR) is 65.8 cm³/mol. The van der Waals surface area contributed by atoms with Gasteiger partial charge in [-0.2, -0.15) is 0 Å². The van der Waals surface area contributed by atoms with Gasteiger partial charge in [-0.15, -0.1) is 0 Å². The van der Waals surface area contributed by atoms with E-state index >= 15 is 0 Å². The summed E-state index contributed by atoms with van der Waals surface area (Å²) >= 11 is 5.71. The van der Waals surface area contributed by atoms with Crippen molar-refractivity contribution < 1.29 is 5.11 Å². The molecule has 1 atom stereocenters. The lowest BCUT2D eigenvalue weighted by atomic mass is 10.1. The summed E-state index contributed by atoms with van der Waals surface area (Å²) in [6.07, 6.45) is 3.71. The van der Waals surface area contributed by atoms with Crippen molar-refractivity contribution in [2.45, 2.75) is 26.7 Å². The van der Waals surface area contributed by atoms with Crippen molar-refractivity contribution in [3.63, 3.8) is 0 Å². The Bertz CT molecular complexity index is 333. The van der Waals surface area contributed by atoms with Crippen LogP contribution in [0.2, 0.25) is 5.28 Å². The molecule has 0 bridgehead atoms. The molecule has 90 valence electrons. The maximum Gasteiger partial charge on any atom is 0.224 e. The van der Waals surface area contributed by atoms with E-state index in [1.807, 2.05) is 13.8 Å². The number of rotatable bonds is 6. The summed E-state index contributed by atoms with van der Waals surface area (Å²) in [6, 6.07) is 0. The predicted octanol–water partition coefficient (Wildman–Crippen LogP) is 2.26. The molecule has 0 aliphatic carbocycles. The van der Waals surface area contributed by atoms with Crippen molar-refractivity contribution in [3.8, 4) is 0 Å². The number of nitrogens with one attached hydrogen (secondary N) is 1. The lowest BCUT2D eigenvalue weighted by Gasteiger charge is -2.10. The second-order valence-electron chi connectivity index (χ2n) is 4.03. The Balaban J connectivity index is 2.34. The minimum atomic E-state index is 0.248. The molecule has 0 aliphatic rings. The monoisotopic (exact) mass is 243 g/mol. The molecule has 1 aromatic rings. The fourth-order valence-electron chi connectivity index (χ4n) is 1.35. The minimum absolute atomic E-state index is 0.248. The summed E-state index contributed by atoms with van der Waals surface area (Å²) in [5.74, 6) is 1.15. The van der Waals surface area contributed by atoms with Crippen LogP contribution < -0.4 is 5.32 Å². The minimum Gasteiger partial charge on any atom is -0.396 e. The molecule has 1 rings (SSSR count). The van der Waals surface area contributed by atoms with E-state index < -0.39 is 0 Å². The zero-order valence-electron chi connectivity index (χ0n) is 9.70. The van der Waals surface area contributed by atoms with Gasteiger partial charge >= 0.3 is 0 Å². The first-order chi connectivity index (χ1) is 7.63. The lowest BCUT2D eigenvalue weighted by Crippen LogP contribution is -2.08. The highest BCUT2D eigenvalue weighted by Gasteiger charge is 2.02. The van der Waals surface area contributed by atoms with Gasteiger partial charge in [0.1, 0.15) is 5.82 Å². The maximum atomic E-state index is 8.87. The van der Waals surface area contributed by atoms with E-state index in [9.17, 15) is 0 Å². The summed E-state index contributed by atoms with van der Waals surface area (Å²) in [5.41, 5.74) is 0.986. The Morgan fingerprint density at radius 2 is 2.31 bits per heavy atom. The van der Waals surface area contributed by atoms with E-state index in [2.05, 4.69) is 15.3 Å². The van der Waals surface area contributed by atoms with E-state index in [4.69, 9.17) is 16.7 Å². The Labute approximate surface area is 101 Å². The molecule has 0 saturated carbocycles. The lowest BCUT2D eigenvalue weighted by molar-refractivity contribution is 0.229. The van der Waals surface area contributed by atoms with Crippen LogP contribution in [0, 0.1) is 12.8 Å². The van der Waals surface area contributed by atoms with Crippen LogP contribution in [0.15, 0.2) is 6.20 Å². The van der Waals surface area contributed by atoms with Crippen molar-refractivity contribution in [1.82, 2.24) is 9.97 Å². The van der Waals surface area contributed by atoms with E-state index in [1.165, 1.54) is 0 Å². The molecule has 0 aromatic carbocycles. The van der Waals surface area contributed by atoms with Crippen LogP contribution in [0.1, 0.15) is 25.3 Å². The fraction of sp³-hybridized carbons (Fsp3) is 0.636. The SMILES string of the molecule is Cc1cnc(Cl)nc1NCCCC(C)CO. The highest BCUT2D eigenvalue weighted by Crippen LogP contribution is 2.13. The Morgan fingerprint density at radius 3 is 3.00 bits per heavy atom. The molecule has 2 N–H and O–H groups in total. The molecule has 5 heteroatoms. The molecule has 0 fully saturated rings. The van der Waals surface area contributed by atoms with Gasteiger partial charge < -0.3 is 10.4 Å². The topological polar surface area (TPSA) is 58.0 Å². The van der Waals surface area contributed by atoms with Crippen molar-refractivity contribution >= 4 is 17.4 Å². The number of aromatic nitrogens is 2. The third-order valence-corrected chi connectivity index (χ3v) is 2.60. The van der Waals surface area contributed by atoms with E-state index in [0.29, 0.717) is 5.92 Å². The standard InChI is InChI=1S/C11H18ClN3O/c1-8(7-16)4-3-5-13-10-9(2)6-14-11(12)15-10/h6,8,16H,3-5,7H2,1-2H3,(H,13,14,15). The van der Waals surface area contributed by atoms with E-state index in [-0.39, 0.29) is 11.9 Å². The molecule has 16 heavy (non-hydrogen) atoms. The van der Waals surface area contributed by atoms with Crippen LogP contribution in [0.4, 0.5) is 5.82 Å². The first kappa shape index (κ1) is 13.2. The van der Waals surface area contributed by atoms with Crippen LogP contribution in [0.5, 0.6) is 0 Å². The molecule has 4 nitrogen and oxygen atoms in total.